The average molecular weight is 267 g/mol. The molecule has 1 saturated heterocycles. The van der Waals surface area contributed by atoms with Gasteiger partial charge in [-0.15, -0.1) is 0 Å². The third-order valence-corrected chi connectivity index (χ3v) is 3.39. The Bertz CT molecular complexity index is 487. The highest BCUT2D eigenvalue weighted by molar-refractivity contribution is 9.10. The van der Waals surface area contributed by atoms with Crippen LogP contribution >= 0.6 is 15.9 Å². The second-order valence-corrected chi connectivity index (χ2v) is 4.56. The summed E-state index contributed by atoms with van der Waals surface area (Å²) in [5.74, 6) is 0.553. The van der Waals surface area contributed by atoms with E-state index in [1.165, 1.54) is 6.42 Å². The van der Waals surface area contributed by atoms with E-state index in [-0.39, 0.29) is 0 Å². The minimum atomic E-state index is 0.553. The first-order valence-electron chi connectivity index (χ1n) is 5.04. The average Bonchev–Trinajstić information content (AvgIpc) is 2.86. The van der Waals surface area contributed by atoms with Gasteiger partial charge in [0.15, 0.2) is 5.65 Å². The molecule has 0 aliphatic carbocycles. The molecule has 0 aromatic carbocycles. The van der Waals surface area contributed by atoms with Crippen LogP contribution in [0.5, 0.6) is 0 Å². The zero-order chi connectivity index (χ0) is 10.3. The normalized spacial score (nSPS) is 21.3. The zero-order valence-corrected chi connectivity index (χ0v) is 9.74. The summed E-state index contributed by atoms with van der Waals surface area (Å²) in [6.45, 7) is 2.13. The number of hydrogen-bond donors (Lipinski definition) is 1. The van der Waals surface area contributed by atoms with Crippen LogP contribution in [0, 0.1) is 0 Å². The minimum absolute atomic E-state index is 0.553. The van der Waals surface area contributed by atoms with Gasteiger partial charge in [-0.1, -0.05) is 0 Å². The molecule has 2 aromatic heterocycles. The van der Waals surface area contributed by atoms with Crippen LogP contribution in [0.1, 0.15) is 18.0 Å². The minimum Gasteiger partial charge on any atom is -0.316 e. The molecule has 3 rings (SSSR count). The molecule has 3 heterocycles. The number of rotatable bonds is 1. The van der Waals surface area contributed by atoms with Gasteiger partial charge in [0.2, 0.25) is 0 Å². The van der Waals surface area contributed by atoms with Gasteiger partial charge < -0.3 is 9.72 Å². The van der Waals surface area contributed by atoms with Crippen LogP contribution in [0.25, 0.3) is 5.65 Å². The van der Waals surface area contributed by atoms with Crippen LogP contribution in [-0.4, -0.2) is 27.5 Å². The Morgan fingerprint density at radius 1 is 1.53 bits per heavy atom. The van der Waals surface area contributed by atoms with Crippen molar-refractivity contribution in [1.29, 1.82) is 0 Å². The first-order valence-corrected chi connectivity index (χ1v) is 5.84. The van der Waals surface area contributed by atoms with Crippen molar-refractivity contribution in [2.24, 2.45) is 0 Å². The molecule has 4 nitrogen and oxygen atoms in total. The summed E-state index contributed by atoms with van der Waals surface area (Å²) in [7, 11) is 0. The molecule has 5 heteroatoms. The summed E-state index contributed by atoms with van der Waals surface area (Å²) >= 11 is 3.41. The molecule has 1 fully saturated rings. The second-order valence-electron chi connectivity index (χ2n) is 3.80. The molecule has 78 valence electrons. The molecule has 1 atom stereocenters. The molecule has 0 saturated carbocycles. The highest BCUT2D eigenvalue weighted by atomic mass is 79.9. The number of aromatic nitrogens is 3. The molecule has 0 radical (unpaired) electrons. The van der Waals surface area contributed by atoms with Crippen molar-refractivity contribution >= 4 is 21.6 Å². The fourth-order valence-corrected chi connectivity index (χ4v) is 2.42. The standard InChI is InChI=1S/C10H11BrN4/c11-9-10-14-8(7-1-2-12-5-7)6-15(10)4-3-13-9/h3-4,6-7,12H,1-2,5H2. The molecule has 0 amide bonds. The Kier molecular flexibility index (Phi) is 2.21. The Hall–Kier alpha value is -0.940. The van der Waals surface area contributed by atoms with Crippen molar-refractivity contribution in [2.75, 3.05) is 13.1 Å². The van der Waals surface area contributed by atoms with E-state index in [0.29, 0.717) is 5.92 Å². The van der Waals surface area contributed by atoms with Gasteiger partial charge in [-0.2, -0.15) is 0 Å². The fraction of sp³-hybridized carbons (Fsp3) is 0.400. The summed E-state index contributed by atoms with van der Waals surface area (Å²) in [6, 6.07) is 0. The summed E-state index contributed by atoms with van der Waals surface area (Å²) in [6.07, 6.45) is 6.97. The second kappa shape index (κ2) is 3.57. The summed E-state index contributed by atoms with van der Waals surface area (Å²) in [5, 5.41) is 3.35. The number of nitrogens with zero attached hydrogens (tertiary/aromatic N) is 3. The Morgan fingerprint density at radius 2 is 2.47 bits per heavy atom. The van der Waals surface area contributed by atoms with Crippen molar-refractivity contribution in [3.05, 3.63) is 28.9 Å². The lowest BCUT2D eigenvalue weighted by Crippen LogP contribution is -2.08. The van der Waals surface area contributed by atoms with Gasteiger partial charge in [-0.05, 0) is 28.9 Å². The molecule has 1 aliphatic heterocycles. The summed E-state index contributed by atoms with van der Waals surface area (Å²) in [5.41, 5.74) is 2.06. The van der Waals surface area contributed by atoms with E-state index in [9.17, 15) is 0 Å². The third-order valence-electron chi connectivity index (χ3n) is 2.83. The van der Waals surface area contributed by atoms with Gasteiger partial charge in [-0.25, -0.2) is 9.97 Å². The van der Waals surface area contributed by atoms with Gasteiger partial charge in [0.25, 0.3) is 0 Å². The molecule has 15 heavy (non-hydrogen) atoms. The van der Waals surface area contributed by atoms with Crippen LogP contribution in [-0.2, 0) is 0 Å². The first-order chi connectivity index (χ1) is 7.34. The maximum Gasteiger partial charge on any atom is 0.170 e. The molecular weight excluding hydrogens is 256 g/mol. The molecule has 1 unspecified atom stereocenters. The lowest BCUT2D eigenvalue weighted by atomic mass is 10.1. The van der Waals surface area contributed by atoms with Crippen LogP contribution in [0.4, 0.5) is 0 Å². The van der Waals surface area contributed by atoms with Crippen LogP contribution in [0.2, 0.25) is 0 Å². The highest BCUT2D eigenvalue weighted by Gasteiger charge is 2.19. The number of hydrogen-bond acceptors (Lipinski definition) is 3. The Balaban J connectivity index is 2.09. The zero-order valence-electron chi connectivity index (χ0n) is 8.15. The lowest BCUT2D eigenvalue weighted by Gasteiger charge is -2.01. The monoisotopic (exact) mass is 266 g/mol. The van der Waals surface area contributed by atoms with E-state index >= 15 is 0 Å². The van der Waals surface area contributed by atoms with Crippen LogP contribution in [0.3, 0.4) is 0 Å². The van der Waals surface area contributed by atoms with Crippen LogP contribution in [0.15, 0.2) is 23.2 Å². The van der Waals surface area contributed by atoms with Crippen LogP contribution < -0.4 is 5.32 Å². The topological polar surface area (TPSA) is 42.2 Å². The Morgan fingerprint density at radius 3 is 3.20 bits per heavy atom. The first kappa shape index (κ1) is 9.30. The summed E-state index contributed by atoms with van der Waals surface area (Å²) < 4.78 is 2.83. The van der Waals surface area contributed by atoms with Gasteiger partial charge >= 0.3 is 0 Å². The third kappa shape index (κ3) is 1.55. The van der Waals surface area contributed by atoms with E-state index in [1.54, 1.807) is 6.20 Å². The largest absolute Gasteiger partial charge is 0.316 e. The predicted molar refractivity (Wildman–Crippen MR) is 60.9 cm³/mol. The lowest BCUT2D eigenvalue weighted by molar-refractivity contribution is 0.741. The maximum atomic E-state index is 4.61. The van der Waals surface area contributed by atoms with E-state index in [0.717, 1.165) is 29.0 Å². The van der Waals surface area contributed by atoms with Crippen molar-refractivity contribution in [3.63, 3.8) is 0 Å². The smallest absolute Gasteiger partial charge is 0.170 e. The number of imidazole rings is 1. The van der Waals surface area contributed by atoms with Gasteiger partial charge in [-0.3, -0.25) is 0 Å². The van der Waals surface area contributed by atoms with Crippen molar-refractivity contribution < 1.29 is 0 Å². The molecule has 0 bridgehead atoms. The van der Waals surface area contributed by atoms with Gasteiger partial charge in [0, 0.05) is 31.1 Å². The molecule has 1 aliphatic rings. The number of nitrogens with one attached hydrogen (secondary N) is 1. The maximum absolute atomic E-state index is 4.61. The molecular formula is C10H11BrN4. The molecule has 1 N–H and O–H groups in total. The van der Waals surface area contributed by atoms with E-state index in [2.05, 4.69) is 37.4 Å². The Labute approximate surface area is 95.9 Å². The van der Waals surface area contributed by atoms with Crippen molar-refractivity contribution in [2.45, 2.75) is 12.3 Å². The fourth-order valence-electron chi connectivity index (χ4n) is 2.01. The predicted octanol–water partition coefficient (Wildman–Crippen LogP) is 1.57. The number of fused-ring (bicyclic) bond motifs is 1. The van der Waals surface area contributed by atoms with E-state index < -0.39 is 0 Å². The van der Waals surface area contributed by atoms with E-state index in [1.807, 2.05) is 10.6 Å². The molecule has 2 aromatic rings. The van der Waals surface area contributed by atoms with E-state index in [4.69, 9.17) is 0 Å². The van der Waals surface area contributed by atoms with Gasteiger partial charge in [0.1, 0.15) is 4.60 Å². The summed E-state index contributed by atoms with van der Waals surface area (Å²) in [4.78, 5) is 8.77. The SMILES string of the molecule is Brc1nccn2cc(C3CCNC3)nc12. The quantitative estimate of drug-likeness (QED) is 0.852. The number of halogens is 1. The van der Waals surface area contributed by atoms with Crippen molar-refractivity contribution in [3.8, 4) is 0 Å². The molecule has 0 spiro atoms. The van der Waals surface area contributed by atoms with Gasteiger partial charge in [0.05, 0.1) is 5.69 Å². The highest BCUT2D eigenvalue weighted by Crippen LogP contribution is 2.23. The van der Waals surface area contributed by atoms with Crippen molar-refractivity contribution in [1.82, 2.24) is 19.7 Å².